The van der Waals surface area contributed by atoms with Crippen LogP contribution in [0.2, 0.25) is 0 Å². The van der Waals surface area contributed by atoms with Crippen molar-refractivity contribution < 1.29 is 18.8 Å². The van der Waals surface area contributed by atoms with Gasteiger partial charge < -0.3 is 19.3 Å². The first-order chi connectivity index (χ1) is 16.5. The number of hydrogen-bond acceptors (Lipinski definition) is 7. The van der Waals surface area contributed by atoms with Crippen molar-refractivity contribution in [3.63, 3.8) is 0 Å². The van der Waals surface area contributed by atoms with E-state index in [1.807, 2.05) is 56.3 Å². The lowest BCUT2D eigenvalue weighted by molar-refractivity contribution is -0.127. The van der Waals surface area contributed by atoms with Crippen LogP contribution >= 0.6 is 0 Å². The van der Waals surface area contributed by atoms with Gasteiger partial charge in [-0.05, 0) is 57.5 Å². The Morgan fingerprint density at radius 1 is 1.12 bits per heavy atom. The van der Waals surface area contributed by atoms with Crippen molar-refractivity contribution in [3.05, 3.63) is 59.5 Å². The molecule has 0 bridgehead atoms. The molecule has 180 valence electrons. The summed E-state index contributed by atoms with van der Waals surface area (Å²) in [6.07, 6.45) is 1.59. The fraction of sp³-hybridized carbons (Fsp3) is 0.423. The Bertz CT molecular complexity index is 1100. The van der Waals surface area contributed by atoms with E-state index < -0.39 is 0 Å². The number of amides is 1. The molecule has 8 nitrogen and oxygen atoms in total. The summed E-state index contributed by atoms with van der Waals surface area (Å²) < 4.78 is 16.1. The number of nitrogens with one attached hydrogen (secondary N) is 1. The van der Waals surface area contributed by atoms with E-state index in [2.05, 4.69) is 20.4 Å². The van der Waals surface area contributed by atoms with Gasteiger partial charge in [-0.25, -0.2) is 0 Å². The van der Waals surface area contributed by atoms with Gasteiger partial charge in [-0.2, -0.15) is 4.98 Å². The molecule has 1 unspecified atom stereocenters. The number of aryl methyl sites for hydroxylation is 1. The van der Waals surface area contributed by atoms with E-state index in [1.54, 1.807) is 14.2 Å². The van der Waals surface area contributed by atoms with Gasteiger partial charge in [-0.1, -0.05) is 41.1 Å². The molecule has 1 aromatic heterocycles. The second kappa shape index (κ2) is 10.7. The van der Waals surface area contributed by atoms with E-state index in [-0.39, 0.29) is 17.9 Å². The number of carbonyl (C=O) groups excluding carboxylic acids is 1. The summed E-state index contributed by atoms with van der Waals surface area (Å²) in [4.78, 5) is 19.7. The number of rotatable bonds is 8. The smallest absolute Gasteiger partial charge is 0.241 e. The van der Waals surface area contributed by atoms with Crippen LogP contribution in [0.4, 0.5) is 0 Å². The summed E-state index contributed by atoms with van der Waals surface area (Å²) in [6, 6.07) is 13.7. The Hall–Kier alpha value is -3.39. The molecule has 1 saturated heterocycles. The zero-order chi connectivity index (χ0) is 24.1. The average molecular weight is 465 g/mol. The molecule has 0 spiro atoms. The van der Waals surface area contributed by atoms with Crippen LogP contribution in [-0.2, 0) is 11.3 Å². The number of benzene rings is 2. The molecule has 8 heteroatoms. The topological polar surface area (TPSA) is 89.7 Å². The average Bonchev–Trinajstić information content (AvgIpc) is 3.32. The van der Waals surface area contributed by atoms with Crippen molar-refractivity contribution in [1.82, 2.24) is 20.4 Å². The number of aromatic nitrogens is 2. The number of methoxy groups -OCH3 is 2. The van der Waals surface area contributed by atoms with Gasteiger partial charge >= 0.3 is 0 Å². The predicted molar refractivity (Wildman–Crippen MR) is 129 cm³/mol. The first-order valence-corrected chi connectivity index (χ1v) is 11.6. The minimum Gasteiger partial charge on any atom is -0.493 e. The zero-order valence-electron chi connectivity index (χ0n) is 20.2. The Labute approximate surface area is 200 Å². The Morgan fingerprint density at radius 2 is 1.82 bits per heavy atom. The summed E-state index contributed by atoms with van der Waals surface area (Å²) in [5.41, 5.74) is 3.11. The third-order valence-electron chi connectivity index (χ3n) is 6.36. The van der Waals surface area contributed by atoms with E-state index in [0.717, 1.165) is 37.1 Å². The lowest BCUT2D eigenvalue weighted by atomic mass is 9.95. The molecular weight excluding hydrogens is 432 g/mol. The maximum absolute atomic E-state index is 12.9. The van der Waals surface area contributed by atoms with E-state index in [0.29, 0.717) is 29.8 Å². The maximum atomic E-state index is 12.9. The third kappa shape index (κ3) is 5.56. The van der Waals surface area contributed by atoms with Gasteiger partial charge in [0.1, 0.15) is 0 Å². The lowest BCUT2D eigenvalue weighted by Gasteiger charge is -2.31. The zero-order valence-corrected chi connectivity index (χ0v) is 20.2. The van der Waals surface area contributed by atoms with Gasteiger partial charge in [0.15, 0.2) is 11.5 Å². The van der Waals surface area contributed by atoms with Crippen LogP contribution in [0, 0.1) is 12.8 Å². The maximum Gasteiger partial charge on any atom is 0.241 e. The van der Waals surface area contributed by atoms with Gasteiger partial charge in [0.05, 0.1) is 26.8 Å². The molecule has 1 aliphatic rings. The minimum atomic E-state index is -0.121. The Kier molecular flexibility index (Phi) is 7.47. The molecule has 1 atom stereocenters. The van der Waals surface area contributed by atoms with E-state index >= 15 is 0 Å². The molecule has 1 N–H and O–H groups in total. The first-order valence-electron chi connectivity index (χ1n) is 11.6. The van der Waals surface area contributed by atoms with Crippen LogP contribution in [0.25, 0.3) is 11.4 Å². The molecule has 0 aliphatic carbocycles. The fourth-order valence-electron chi connectivity index (χ4n) is 4.22. The highest BCUT2D eigenvalue weighted by Gasteiger charge is 2.27. The number of likely N-dealkylation sites (tertiary alicyclic amines) is 1. The van der Waals surface area contributed by atoms with Crippen LogP contribution < -0.4 is 14.8 Å². The molecule has 0 saturated carbocycles. The molecule has 34 heavy (non-hydrogen) atoms. The van der Waals surface area contributed by atoms with Crippen LogP contribution in [-0.4, -0.2) is 48.3 Å². The van der Waals surface area contributed by atoms with Crippen molar-refractivity contribution in [2.75, 3.05) is 27.3 Å². The third-order valence-corrected chi connectivity index (χ3v) is 6.36. The van der Waals surface area contributed by atoms with Gasteiger partial charge in [-0.3, -0.25) is 9.69 Å². The van der Waals surface area contributed by atoms with Crippen LogP contribution in [0.1, 0.15) is 42.8 Å². The van der Waals surface area contributed by atoms with E-state index in [1.165, 1.54) is 5.56 Å². The van der Waals surface area contributed by atoms with Crippen LogP contribution in [0.3, 0.4) is 0 Å². The molecule has 3 aromatic rings. The summed E-state index contributed by atoms with van der Waals surface area (Å²) in [5.74, 6) is 2.60. The summed E-state index contributed by atoms with van der Waals surface area (Å²) in [7, 11) is 3.22. The fourth-order valence-corrected chi connectivity index (χ4v) is 4.22. The number of ether oxygens (including phenoxy) is 2. The Balaban J connectivity index is 1.27. The standard InChI is InChI=1S/C26H32N4O4/c1-17-5-7-19(8-6-17)25-28-24(34-29-25)16-30-13-11-20(12-14-30)26(31)27-18(2)21-9-10-22(32-3)23(15-21)33-4/h5-10,15,18,20H,11-14,16H2,1-4H3,(H,27,31). The predicted octanol–water partition coefficient (Wildman–Crippen LogP) is 4.15. The highest BCUT2D eigenvalue weighted by molar-refractivity contribution is 5.79. The van der Waals surface area contributed by atoms with Crippen LogP contribution in [0.15, 0.2) is 47.0 Å². The number of piperidine rings is 1. The number of hydrogen-bond donors (Lipinski definition) is 1. The van der Waals surface area contributed by atoms with Crippen molar-refractivity contribution in [2.24, 2.45) is 5.92 Å². The van der Waals surface area contributed by atoms with Gasteiger partial charge in [-0.15, -0.1) is 0 Å². The highest BCUT2D eigenvalue weighted by Crippen LogP contribution is 2.30. The minimum absolute atomic E-state index is 0.00958. The van der Waals surface area contributed by atoms with Gasteiger partial charge in [0.2, 0.25) is 17.6 Å². The van der Waals surface area contributed by atoms with Gasteiger partial charge in [0.25, 0.3) is 0 Å². The molecule has 0 radical (unpaired) electrons. The summed E-state index contributed by atoms with van der Waals surface area (Å²) in [6.45, 7) is 6.24. The molecule has 2 heterocycles. The molecule has 1 fully saturated rings. The highest BCUT2D eigenvalue weighted by atomic mass is 16.5. The normalized spacial score (nSPS) is 15.6. The molecular formula is C26H32N4O4. The first kappa shape index (κ1) is 23.8. The summed E-state index contributed by atoms with van der Waals surface area (Å²) >= 11 is 0. The quantitative estimate of drug-likeness (QED) is 0.536. The van der Waals surface area contributed by atoms with Crippen molar-refractivity contribution >= 4 is 5.91 Å². The lowest BCUT2D eigenvalue weighted by Crippen LogP contribution is -2.40. The van der Waals surface area contributed by atoms with E-state index in [9.17, 15) is 4.79 Å². The van der Waals surface area contributed by atoms with Gasteiger partial charge in [0, 0.05) is 11.5 Å². The van der Waals surface area contributed by atoms with Crippen LogP contribution in [0.5, 0.6) is 11.5 Å². The van der Waals surface area contributed by atoms with Crippen molar-refractivity contribution in [3.8, 4) is 22.9 Å². The second-order valence-corrected chi connectivity index (χ2v) is 8.77. The number of carbonyl (C=O) groups is 1. The summed E-state index contributed by atoms with van der Waals surface area (Å²) in [5, 5.41) is 7.27. The van der Waals surface area contributed by atoms with E-state index in [4.69, 9.17) is 14.0 Å². The Morgan fingerprint density at radius 3 is 2.50 bits per heavy atom. The van der Waals surface area contributed by atoms with Crippen molar-refractivity contribution in [2.45, 2.75) is 39.3 Å². The molecule has 1 amide bonds. The second-order valence-electron chi connectivity index (χ2n) is 8.77. The number of nitrogens with zero attached hydrogens (tertiary/aromatic N) is 3. The molecule has 2 aromatic carbocycles. The SMILES string of the molecule is COc1ccc(C(C)NC(=O)C2CCN(Cc3nc(-c4ccc(C)cc4)no3)CC2)cc1OC. The molecule has 4 rings (SSSR count). The molecule has 1 aliphatic heterocycles. The van der Waals surface area contributed by atoms with Crippen molar-refractivity contribution in [1.29, 1.82) is 0 Å². The largest absolute Gasteiger partial charge is 0.493 e. The monoisotopic (exact) mass is 464 g/mol.